The average Bonchev–Trinajstić information content (AvgIpc) is 2.99. The van der Waals surface area contributed by atoms with Crippen molar-refractivity contribution in [3.63, 3.8) is 0 Å². The number of fused-ring (bicyclic) bond motifs is 1. The lowest BCUT2D eigenvalue weighted by Crippen LogP contribution is -2.17. The molecule has 1 atom stereocenters. The molecule has 5 nitrogen and oxygen atoms in total. The number of nitrogens with one attached hydrogen (secondary N) is 1. The molecular weight excluding hydrogens is 338 g/mol. The molecule has 1 aromatic rings. The van der Waals surface area contributed by atoms with Crippen LogP contribution in [-0.2, 0) is 9.53 Å². The van der Waals surface area contributed by atoms with Crippen LogP contribution in [-0.4, -0.2) is 31.8 Å². The quantitative estimate of drug-likeness (QED) is 0.901. The van der Waals surface area contributed by atoms with E-state index in [0.717, 1.165) is 30.3 Å². The third-order valence-corrected chi connectivity index (χ3v) is 4.28. The van der Waals surface area contributed by atoms with Crippen LogP contribution in [0.4, 0.5) is 5.69 Å². The van der Waals surface area contributed by atoms with Gasteiger partial charge in [0.05, 0.1) is 11.8 Å². The van der Waals surface area contributed by atoms with Crippen molar-refractivity contribution in [2.75, 3.05) is 25.1 Å². The van der Waals surface area contributed by atoms with E-state index in [1.807, 2.05) is 6.07 Å². The molecule has 0 spiro atoms. The second-order valence-electron chi connectivity index (χ2n) is 5.20. The number of anilines is 1. The molecule has 0 radical (unpaired) electrons. The molecule has 0 aromatic heterocycles. The molecule has 114 valence electrons. The van der Waals surface area contributed by atoms with Crippen LogP contribution in [0.1, 0.15) is 25.7 Å². The first kappa shape index (κ1) is 14.7. The number of hydrogen-bond donors (Lipinski definition) is 1. The Kier molecular flexibility index (Phi) is 4.65. The second kappa shape index (κ2) is 6.66. The van der Waals surface area contributed by atoms with E-state index in [4.69, 9.17) is 14.2 Å². The minimum Gasteiger partial charge on any atom is -0.486 e. The molecule has 2 aliphatic heterocycles. The highest BCUT2D eigenvalue weighted by Gasteiger charge is 2.19. The zero-order chi connectivity index (χ0) is 14.7. The summed E-state index contributed by atoms with van der Waals surface area (Å²) in [5.74, 6) is 1.35. The van der Waals surface area contributed by atoms with Crippen molar-refractivity contribution in [2.45, 2.75) is 31.8 Å². The van der Waals surface area contributed by atoms with Gasteiger partial charge in [-0.2, -0.15) is 0 Å². The van der Waals surface area contributed by atoms with Crippen molar-refractivity contribution in [3.05, 3.63) is 16.6 Å². The van der Waals surface area contributed by atoms with Crippen LogP contribution in [0.15, 0.2) is 16.6 Å². The number of ether oxygens (including phenoxy) is 3. The SMILES string of the molecule is O=C(CCC1CCCO1)Nc1cc2c(cc1Br)OCCO2. The predicted molar refractivity (Wildman–Crippen MR) is 82.0 cm³/mol. The van der Waals surface area contributed by atoms with Crippen LogP contribution >= 0.6 is 15.9 Å². The molecule has 1 aromatic carbocycles. The smallest absolute Gasteiger partial charge is 0.224 e. The van der Waals surface area contributed by atoms with Gasteiger partial charge in [0.1, 0.15) is 13.2 Å². The van der Waals surface area contributed by atoms with E-state index in [1.54, 1.807) is 6.07 Å². The molecule has 0 saturated carbocycles. The van der Waals surface area contributed by atoms with Gasteiger partial charge in [-0.3, -0.25) is 4.79 Å². The van der Waals surface area contributed by atoms with Crippen molar-refractivity contribution in [1.29, 1.82) is 0 Å². The Balaban J connectivity index is 1.59. The number of rotatable bonds is 4. The highest BCUT2D eigenvalue weighted by Crippen LogP contribution is 2.38. The first-order valence-corrected chi connectivity index (χ1v) is 8.02. The Hall–Kier alpha value is -1.27. The molecule has 2 aliphatic rings. The number of halogens is 1. The van der Waals surface area contributed by atoms with E-state index in [9.17, 15) is 4.79 Å². The lowest BCUT2D eigenvalue weighted by Gasteiger charge is -2.20. The minimum atomic E-state index is -0.0112. The summed E-state index contributed by atoms with van der Waals surface area (Å²) in [5.41, 5.74) is 0.705. The van der Waals surface area contributed by atoms with Gasteiger partial charge in [-0.05, 0) is 35.2 Å². The molecule has 1 unspecified atom stereocenters. The molecule has 1 fully saturated rings. The van der Waals surface area contributed by atoms with Gasteiger partial charge in [0.2, 0.25) is 5.91 Å². The molecule has 6 heteroatoms. The molecular formula is C15H18BrNO4. The average molecular weight is 356 g/mol. The lowest BCUT2D eigenvalue weighted by molar-refractivity contribution is -0.116. The van der Waals surface area contributed by atoms with E-state index in [2.05, 4.69) is 21.2 Å². The van der Waals surface area contributed by atoms with Crippen LogP contribution in [0.5, 0.6) is 11.5 Å². The molecule has 2 heterocycles. The summed E-state index contributed by atoms with van der Waals surface area (Å²) in [6, 6.07) is 3.62. The fourth-order valence-electron chi connectivity index (χ4n) is 2.54. The number of amides is 1. The first-order valence-electron chi connectivity index (χ1n) is 7.23. The number of benzene rings is 1. The topological polar surface area (TPSA) is 56.8 Å². The molecule has 0 aliphatic carbocycles. The summed E-state index contributed by atoms with van der Waals surface area (Å²) in [6.07, 6.45) is 3.63. The highest BCUT2D eigenvalue weighted by atomic mass is 79.9. The van der Waals surface area contributed by atoms with E-state index in [1.165, 1.54) is 0 Å². The van der Waals surface area contributed by atoms with Gasteiger partial charge >= 0.3 is 0 Å². The number of hydrogen-bond acceptors (Lipinski definition) is 4. The van der Waals surface area contributed by atoms with Gasteiger partial charge in [-0.15, -0.1) is 0 Å². The summed E-state index contributed by atoms with van der Waals surface area (Å²) < 4.78 is 17.3. The van der Waals surface area contributed by atoms with Crippen molar-refractivity contribution in [1.82, 2.24) is 0 Å². The van der Waals surface area contributed by atoms with Crippen LogP contribution in [0.2, 0.25) is 0 Å². The van der Waals surface area contributed by atoms with Crippen LogP contribution in [0, 0.1) is 0 Å². The summed E-state index contributed by atoms with van der Waals surface area (Å²) in [6.45, 7) is 1.90. The van der Waals surface area contributed by atoms with Crippen molar-refractivity contribution in [3.8, 4) is 11.5 Å². The Morgan fingerprint density at radius 1 is 1.24 bits per heavy atom. The lowest BCUT2D eigenvalue weighted by atomic mass is 10.1. The van der Waals surface area contributed by atoms with Crippen molar-refractivity contribution >= 4 is 27.5 Å². The van der Waals surface area contributed by atoms with Gasteiger partial charge in [0, 0.05) is 29.6 Å². The van der Waals surface area contributed by atoms with Crippen LogP contribution in [0.3, 0.4) is 0 Å². The third-order valence-electron chi connectivity index (χ3n) is 3.62. The third kappa shape index (κ3) is 3.68. The monoisotopic (exact) mass is 355 g/mol. The fourth-order valence-corrected chi connectivity index (χ4v) is 2.96. The van der Waals surface area contributed by atoms with Crippen LogP contribution < -0.4 is 14.8 Å². The molecule has 1 amide bonds. The van der Waals surface area contributed by atoms with E-state index in [-0.39, 0.29) is 12.0 Å². The molecule has 21 heavy (non-hydrogen) atoms. The zero-order valence-corrected chi connectivity index (χ0v) is 13.3. The van der Waals surface area contributed by atoms with Crippen LogP contribution in [0.25, 0.3) is 0 Å². The summed E-state index contributed by atoms with van der Waals surface area (Å²) in [7, 11) is 0. The van der Waals surface area contributed by atoms with E-state index < -0.39 is 0 Å². The van der Waals surface area contributed by atoms with Gasteiger partial charge in [-0.1, -0.05) is 0 Å². The Morgan fingerprint density at radius 3 is 2.71 bits per heavy atom. The minimum absolute atomic E-state index is 0.0112. The largest absolute Gasteiger partial charge is 0.486 e. The standard InChI is InChI=1S/C15H18BrNO4/c16-11-8-13-14(21-7-6-20-13)9-12(11)17-15(18)4-3-10-2-1-5-19-10/h8-10H,1-7H2,(H,17,18). The maximum atomic E-state index is 12.0. The van der Waals surface area contributed by atoms with E-state index >= 15 is 0 Å². The van der Waals surface area contributed by atoms with Crippen molar-refractivity contribution < 1.29 is 19.0 Å². The molecule has 1 N–H and O–H groups in total. The molecule has 3 rings (SSSR count). The summed E-state index contributed by atoms with van der Waals surface area (Å²) >= 11 is 3.45. The first-order chi connectivity index (χ1) is 10.2. The predicted octanol–water partition coefficient (Wildman–Crippen LogP) is 3.12. The summed E-state index contributed by atoms with van der Waals surface area (Å²) in [4.78, 5) is 12.0. The highest BCUT2D eigenvalue weighted by molar-refractivity contribution is 9.10. The Labute approximate surface area is 132 Å². The fraction of sp³-hybridized carbons (Fsp3) is 0.533. The Morgan fingerprint density at radius 2 is 2.00 bits per heavy atom. The maximum absolute atomic E-state index is 12.0. The normalized spacial score (nSPS) is 20.3. The van der Waals surface area contributed by atoms with Gasteiger partial charge in [0.25, 0.3) is 0 Å². The number of carbonyl (C=O) groups is 1. The number of carbonyl (C=O) groups excluding carboxylic acids is 1. The zero-order valence-electron chi connectivity index (χ0n) is 11.7. The van der Waals surface area contributed by atoms with Gasteiger partial charge in [0.15, 0.2) is 11.5 Å². The van der Waals surface area contributed by atoms with E-state index in [0.29, 0.717) is 36.8 Å². The Bertz CT molecular complexity index is 529. The second-order valence-corrected chi connectivity index (χ2v) is 6.05. The summed E-state index contributed by atoms with van der Waals surface area (Å²) in [5, 5.41) is 2.91. The van der Waals surface area contributed by atoms with Gasteiger partial charge < -0.3 is 19.5 Å². The maximum Gasteiger partial charge on any atom is 0.224 e. The van der Waals surface area contributed by atoms with Crippen molar-refractivity contribution in [2.24, 2.45) is 0 Å². The van der Waals surface area contributed by atoms with Gasteiger partial charge in [-0.25, -0.2) is 0 Å². The molecule has 1 saturated heterocycles. The molecule has 0 bridgehead atoms.